The molecule has 0 radical (unpaired) electrons. The van der Waals surface area contributed by atoms with Crippen LogP contribution < -0.4 is 10.5 Å². The zero-order valence-electron chi connectivity index (χ0n) is 10.9. The number of nitrogens with two attached hydrogens (primary N) is 1. The van der Waals surface area contributed by atoms with Gasteiger partial charge in [0.1, 0.15) is 11.9 Å². The molecule has 2 aromatic carbocycles. The van der Waals surface area contributed by atoms with Crippen molar-refractivity contribution in [1.82, 2.24) is 0 Å². The molecular formula is C16H15F2NO. The molecule has 1 aliphatic rings. The molecule has 0 spiro atoms. The van der Waals surface area contributed by atoms with Gasteiger partial charge in [0, 0.05) is 12.0 Å². The summed E-state index contributed by atoms with van der Waals surface area (Å²) >= 11 is 0. The molecule has 1 atom stereocenters. The first-order valence-corrected chi connectivity index (χ1v) is 6.62. The molecule has 0 bridgehead atoms. The lowest BCUT2D eigenvalue weighted by molar-refractivity contribution is 0.216. The van der Waals surface area contributed by atoms with E-state index in [2.05, 4.69) is 0 Å². The van der Waals surface area contributed by atoms with Crippen molar-refractivity contribution in [1.29, 1.82) is 0 Å². The molecule has 104 valence electrons. The Morgan fingerprint density at radius 1 is 1.10 bits per heavy atom. The van der Waals surface area contributed by atoms with Crippen molar-refractivity contribution in [2.45, 2.75) is 18.9 Å². The molecule has 0 aromatic heterocycles. The minimum absolute atomic E-state index is 0.0482. The third-order valence-electron chi connectivity index (χ3n) is 3.52. The lowest BCUT2D eigenvalue weighted by Gasteiger charge is -2.08. The highest BCUT2D eigenvalue weighted by atomic mass is 19.1. The molecule has 0 aliphatic carbocycles. The van der Waals surface area contributed by atoms with Crippen molar-refractivity contribution >= 4 is 0 Å². The number of halogens is 2. The molecule has 1 unspecified atom stereocenters. The van der Waals surface area contributed by atoms with Crippen LogP contribution in [0.4, 0.5) is 8.78 Å². The Morgan fingerprint density at radius 3 is 2.55 bits per heavy atom. The molecule has 0 saturated carbocycles. The molecule has 20 heavy (non-hydrogen) atoms. The lowest BCUT2D eigenvalue weighted by atomic mass is 10.00. The second kappa shape index (κ2) is 5.21. The van der Waals surface area contributed by atoms with Gasteiger partial charge >= 0.3 is 0 Å². The second-order valence-corrected chi connectivity index (χ2v) is 4.97. The van der Waals surface area contributed by atoms with Gasteiger partial charge in [-0.1, -0.05) is 12.1 Å². The minimum atomic E-state index is -0.374. The Morgan fingerprint density at radius 2 is 1.85 bits per heavy atom. The molecule has 1 heterocycles. The van der Waals surface area contributed by atoms with Gasteiger partial charge in [-0.3, -0.25) is 0 Å². The van der Waals surface area contributed by atoms with E-state index in [0.29, 0.717) is 25.1 Å². The number of hydrogen-bond donors (Lipinski definition) is 1. The molecule has 4 heteroatoms. The van der Waals surface area contributed by atoms with Gasteiger partial charge in [-0.05, 0) is 48.4 Å². The molecule has 0 amide bonds. The van der Waals surface area contributed by atoms with Gasteiger partial charge in [-0.15, -0.1) is 0 Å². The predicted octanol–water partition coefficient (Wildman–Crippen LogP) is 3.28. The van der Waals surface area contributed by atoms with Crippen LogP contribution in [0.3, 0.4) is 0 Å². The SMILES string of the molecule is NCCC1Cc2cc(-c3ccc(F)cc3)cc(F)c2O1. The van der Waals surface area contributed by atoms with Gasteiger partial charge in [-0.2, -0.15) is 0 Å². The number of hydrogen-bond acceptors (Lipinski definition) is 2. The van der Waals surface area contributed by atoms with Crippen LogP contribution in [0.2, 0.25) is 0 Å². The fourth-order valence-corrected chi connectivity index (χ4v) is 2.54. The zero-order valence-corrected chi connectivity index (χ0v) is 10.9. The van der Waals surface area contributed by atoms with Crippen LogP contribution in [0.25, 0.3) is 11.1 Å². The van der Waals surface area contributed by atoms with Crippen molar-refractivity contribution in [3.8, 4) is 16.9 Å². The molecule has 0 saturated heterocycles. The average Bonchev–Trinajstić information content (AvgIpc) is 2.83. The molecule has 3 rings (SSSR count). The fraction of sp³-hybridized carbons (Fsp3) is 0.250. The summed E-state index contributed by atoms with van der Waals surface area (Å²) in [5.41, 5.74) is 7.88. The summed E-state index contributed by atoms with van der Waals surface area (Å²) < 4.78 is 32.6. The topological polar surface area (TPSA) is 35.2 Å². The highest BCUT2D eigenvalue weighted by Gasteiger charge is 2.26. The Kier molecular flexibility index (Phi) is 3.40. The van der Waals surface area contributed by atoms with Crippen molar-refractivity contribution in [2.75, 3.05) is 6.54 Å². The third kappa shape index (κ3) is 2.39. The maximum Gasteiger partial charge on any atom is 0.165 e. The monoisotopic (exact) mass is 275 g/mol. The van der Waals surface area contributed by atoms with Crippen LogP contribution in [0.5, 0.6) is 5.75 Å². The Bertz CT molecular complexity index is 625. The smallest absolute Gasteiger partial charge is 0.165 e. The summed E-state index contributed by atoms with van der Waals surface area (Å²) in [4.78, 5) is 0. The van der Waals surface area contributed by atoms with Crippen molar-refractivity contribution < 1.29 is 13.5 Å². The summed E-state index contributed by atoms with van der Waals surface area (Å²) in [7, 11) is 0. The summed E-state index contributed by atoms with van der Waals surface area (Å²) in [5, 5.41) is 0. The van der Waals surface area contributed by atoms with Gasteiger partial charge in [0.05, 0.1) is 0 Å². The second-order valence-electron chi connectivity index (χ2n) is 4.97. The molecule has 0 fully saturated rings. The fourth-order valence-electron chi connectivity index (χ4n) is 2.54. The highest BCUT2D eigenvalue weighted by Crippen LogP contribution is 2.36. The Balaban J connectivity index is 1.95. The van der Waals surface area contributed by atoms with Crippen molar-refractivity contribution in [3.63, 3.8) is 0 Å². The van der Waals surface area contributed by atoms with E-state index in [4.69, 9.17) is 10.5 Å². The van der Waals surface area contributed by atoms with Gasteiger partial charge in [0.2, 0.25) is 0 Å². The summed E-state index contributed by atoms with van der Waals surface area (Å²) in [6, 6.07) is 9.36. The largest absolute Gasteiger partial charge is 0.487 e. The van der Waals surface area contributed by atoms with E-state index >= 15 is 0 Å². The van der Waals surface area contributed by atoms with Crippen LogP contribution in [-0.4, -0.2) is 12.6 Å². The van der Waals surface area contributed by atoms with Crippen molar-refractivity contribution in [2.24, 2.45) is 5.73 Å². The van der Waals surface area contributed by atoms with E-state index in [1.165, 1.54) is 18.2 Å². The van der Waals surface area contributed by atoms with E-state index in [9.17, 15) is 8.78 Å². The first-order valence-electron chi connectivity index (χ1n) is 6.62. The van der Waals surface area contributed by atoms with Gasteiger partial charge < -0.3 is 10.5 Å². The Hall–Kier alpha value is -1.94. The maximum absolute atomic E-state index is 14.1. The minimum Gasteiger partial charge on any atom is -0.487 e. The van der Waals surface area contributed by atoms with Crippen LogP contribution >= 0.6 is 0 Å². The maximum atomic E-state index is 14.1. The van der Waals surface area contributed by atoms with Gasteiger partial charge in [0.15, 0.2) is 11.6 Å². The van der Waals surface area contributed by atoms with Crippen LogP contribution in [0.15, 0.2) is 36.4 Å². The highest BCUT2D eigenvalue weighted by molar-refractivity contribution is 5.66. The summed E-state index contributed by atoms with van der Waals surface area (Å²) in [6.45, 7) is 0.519. The third-order valence-corrected chi connectivity index (χ3v) is 3.52. The molecule has 2 N–H and O–H groups in total. The summed E-state index contributed by atoms with van der Waals surface area (Å²) in [5.74, 6) is -0.350. The predicted molar refractivity (Wildman–Crippen MR) is 73.6 cm³/mol. The standard InChI is InChI=1S/C16H15F2NO/c17-13-3-1-10(2-4-13)11-7-12-8-14(5-6-19)20-16(12)15(18)9-11/h1-4,7,9,14H,5-6,8,19H2. The van der Waals surface area contributed by atoms with Crippen LogP contribution in [0.1, 0.15) is 12.0 Å². The Labute approximate surface area is 116 Å². The average molecular weight is 275 g/mol. The molecule has 2 nitrogen and oxygen atoms in total. The normalized spacial score (nSPS) is 16.9. The van der Waals surface area contributed by atoms with Crippen LogP contribution in [-0.2, 0) is 6.42 Å². The first-order chi connectivity index (χ1) is 9.67. The first kappa shape index (κ1) is 13.1. The molecule has 2 aromatic rings. The van der Waals surface area contributed by atoms with Crippen LogP contribution in [0, 0.1) is 11.6 Å². The van der Waals surface area contributed by atoms with E-state index in [-0.39, 0.29) is 17.7 Å². The number of benzene rings is 2. The zero-order chi connectivity index (χ0) is 14.1. The van der Waals surface area contributed by atoms with E-state index < -0.39 is 0 Å². The molecular weight excluding hydrogens is 260 g/mol. The van der Waals surface area contributed by atoms with E-state index in [1.807, 2.05) is 6.07 Å². The molecule has 1 aliphatic heterocycles. The van der Waals surface area contributed by atoms with Gasteiger partial charge in [-0.25, -0.2) is 8.78 Å². The number of rotatable bonds is 3. The van der Waals surface area contributed by atoms with E-state index in [1.54, 1.807) is 12.1 Å². The van der Waals surface area contributed by atoms with Gasteiger partial charge in [0.25, 0.3) is 0 Å². The lowest BCUT2D eigenvalue weighted by Crippen LogP contribution is -2.17. The van der Waals surface area contributed by atoms with E-state index in [0.717, 1.165) is 16.7 Å². The number of fused-ring (bicyclic) bond motifs is 1. The quantitative estimate of drug-likeness (QED) is 0.933. The number of ether oxygens (including phenoxy) is 1. The van der Waals surface area contributed by atoms with Crippen molar-refractivity contribution in [3.05, 3.63) is 53.6 Å². The summed E-state index contributed by atoms with van der Waals surface area (Å²) in [6.07, 6.45) is 1.33.